The minimum absolute atomic E-state index is 0.281. The standard InChI is InChI=1S/C18H30O/c1-16-7-5-10-18(19,13-16)15-12-17(14(15)6-11-16)8-3-2-4-9-17/h14-15,19H,2-13H2,1H3/t14-,15-,16+,18-/m1/s1. The maximum atomic E-state index is 11.3. The predicted octanol–water partition coefficient (Wildman–Crippen LogP) is 4.68. The third-order valence-electron chi connectivity index (χ3n) is 7.62. The van der Waals surface area contributed by atoms with Gasteiger partial charge in [0.2, 0.25) is 0 Å². The maximum Gasteiger partial charge on any atom is 0.0684 e. The summed E-state index contributed by atoms with van der Waals surface area (Å²) in [6, 6.07) is 0. The van der Waals surface area contributed by atoms with Crippen molar-refractivity contribution in [2.24, 2.45) is 22.7 Å². The van der Waals surface area contributed by atoms with Crippen LogP contribution in [-0.2, 0) is 0 Å². The lowest BCUT2D eigenvalue weighted by Gasteiger charge is -2.62. The number of rotatable bonds is 0. The topological polar surface area (TPSA) is 20.2 Å². The van der Waals surface area contributed by atoms with Crippen LogP contribution in [-0.4, -0.2) is 10.7 Å². The lowest BCUT2D eigenvalue weighted by atomic mass is 9.44. The van der Waals surface area contributed by atoms with Gasteiger partial charge in [0.05, 0.1) is 5.60 Å². The molecule has 108 valence electrons. The fourth-order valence-electron chi connectivity index (χ4n) is 6.67. The molecule has 0 aliphatic heterocycles. The SMILES string of the molecule is C[C@@]12CCC[C@@](O)(C1)[C@@H]1CC3(CCCCC3)[C@@H]1CC2. The Morgan fingerprint density at radius 3 is 2.42 bits per heavy atom. The van der Waals surface area contributed by atoms with Crippen LogP contribution in [0.2, 0.25) is 0 Å². The first-order chi connectivity index (χ1) is 9.06. The highest BCUT2D eigenvalue weighted by atomic mass is 16.3. The van der Waals surface area contributed by atoms with Crippen LogP contribution >= 0.6 is 0 Å². The predicted molar refractivity (Wildman–Crippen MR) is 77.9 cm³/mol. The molecule has 1 heteroatoms. The highest BCUT2D eigenvalue weighted by molar-refractivity contribution is 5.13. The first-order valence-electron chi connectivity index (χ1n) is 8.78. The molecule has 0 saturated heterocycles. The lowest BCUT2D eigenvalue weighted by Crippen LogP contribution is -2.58. The van der Waals surface area contributed by atoms with Gasteiger partial charge >= 0.3 is 0 Å². The quantitative estimate of drug-likeness (QED) is 0.672. The second kappa shape index (κ2) is 4.00. The van der Waals surface area contributed by atoms with E-state index in [-0.39, 0.29) is 5.60 Å². The smallest absolute Gasteiger partial charge is 0.0684 e. The molecule has 2 bridgehead atoms. The van der Waals surface area contributed by atoms with Crippen molar-refractivity contribution in [3.05, 3.63) is 0 Å². The minimum Gasteiger partial charge on any atom is -0.390 e. The molecule has 0 unspecified atom stereocenters. The molecule has 1 spiro atoms. The summed E-state index contributed by atoms with van der Waals surface area (Å²) in [5, 5.41) is 11.3. The Labute approximate surface area is 118 Å². The molecule has 1 nitrogen and oxygen atoms in total. The van der Waals surface area contributed by atoms with Crippen molar-refractivity contribution >= 4 is 0 Å². The van der Waals surface area contributed by atoms with E-state index in [2.05, 4.69) is 6.92 Å². The van der Waals surface area contributed by atoms with Crippen molar-refractivity contribution in [2.45, 2.75) is 89.6 Å². The fraction of sp³-hybridized carbons (Fsp3) is 1.00. The highest BCUT2D eigenvalue weighted by Crippen LogP contribution is 2.68. The molecule has 4 atom stereocenters. The number of hydrogen-bond donors (Lipinski definition) is 1. The zero-order valence-electron chi connectivity index (χ0n) is 12.6. The van der Waals surface area contributed by atoms with Crippen molar-refractivity contribution in [1.29, 1.82) is 0 Å². The van der Waals surface area contributed by atoms with Crippen molar-refractivity contribution in [3.63, 3.8) is 0 Å². The van der Waals surface area contributed by atoms with Crippen LogP contribution in [0.5, 0.6) is 0 Å². The molecule has 19 heavy (non-hydrogen) atoms. The van der Waals surface area contributed by atoms with Gasteiger partial charge in [-0.3, -0.25) is 0 Å². The van der Waals surface area contributed by atoms with Gasteiger partial charge in [0.25, 0.3) is 0 Å². The van der Waals surface area contributed by atoms with Gasteiger partial charge in [0.1, 0.15) is 0 Å². The Kier molecular flexibility index (Phi) is 2.67. The fourth-order valence-corrected chi connectivity index (χ4v) is 6.67. The van der Waals surface area contributed by atoms with Gasteiger partial charge in [-0.2, -0.15) is 0 Å². The van der Waals surface area contributed by atoms with Gasteiger partial charge in [-0.05, 0) is 74.0 Å². The van der Waals surface area contributed by atoms with Crippen LogP contribution in [0.3, 0.4) is 0 Å². The van der Waals surface area contributed by atoms with Gasteiger partial charge in [-0.25, -0.2) is 0 Å². The van der Waals surface area contributed by atoms with Crippen molar-refractivity contribution in [1.82, 2.24) is 0 Å². The van der Waals surface area contributed by atoms with Crippen LogP contribution in [0.4, 0.5) is 0 Å². The van der Waals surface area contributed by atoms with Crippen LogP contribution in [0.25, 0.3) is 0 Å². The van der Waals surface area contributed by atoms with E-state index in [1.807, 2.05) is 0 Å². The molecule has 4 saturated carbocycles. The molecule has 0 amide bonds. The third-order valence-corrected chi connectivity index (χ3v) is 7.62. The van der Waals surface area contributed by atoms with Gasteiger partial charge in [0, 0.05) is 0 Å². The summed E-state index contributed by atoms with van der Waals surface area (Å²) in [5.41, 5.74) is 0.851. The van der Waals surface area contributed by atoms with E-state index in [0.29, 0.717) is 16.7 Å². The molecular formula is C18H30O. The lowest BCUT2D eigenvalue weighted by molar-refractivity contribution is -0.181. The Hall–Kier alpha value is -0.0400. The third kappa shape index (κ3) is 1.76. The summed E-state index contributed by atoms with van der Waals surface area (Å²) in [5.74, 6) is 1.53. The molecule has 0 heterocycles. The van der Waals surface area contributed by atoms with E-state index in [9.17, 15) is 5.11 Å². The summed E-state index contributed by atoms with van der Waals surface area (Å²) in [6.45, 7) is 2.45. The number of fused-ring (bicyclic) bond motifs is 5. The normalized spacial score (nSPS) is 52.1. The molecule has 0 aromatic carbocycles. The summed E-state index contributed by atoms with van der Waals surface area (Å²) >= 11 is 0. The van der Waals surface area contributed by atoms with E-state index < -0.39 is 0 Å². The molecule has 4 rings (SSSR count). The zero-order chi connectivity index (χ0) is 13.1. The second-order valence-electron chi connectivity index (χ2n) is 8.82. The Morgan fingerprint density at radius 2 is 1.63 bits per heavy atom. The van der Waals surface area contributed by atoms with Crippen LogP contribution in [0.15, 0.2) is 0 Å². The molecular weight excluding hydrogens is 232 g/mol. The Bertz CT molecular complexity index is 370. The number of aliphatic hydroxyl groups is 1. The van der Waals surface area contributed by atoms with Crippen molar-refractivity contribution in [3.8, 4) is 0 Å². The average Bonchev–Trinajstić information content (AvgIpc) is 2.42. The summed E-state index contributed by atoms with van der Waals surface area (Å²) in [4.78, 5) is 0. The van der Waals surface area contributed by atoms with Gasteiger partial charge in [0.15, 0.2) is 0 Å². The average molecular weight is 262 g/mol. The summed E-state index contributed by atoms with van der Waals surface area (Å²) < 4.78 is 0. The molecule has 4 aliphatic carbocycles. The first-order valence-corrected chi connectivity index (χ1v) is 8.78. The monoisotopic (exact) mass is 262 g/mol. The molecule has 1 N–H and O–H groups in total. The first kappa shape index (κ1) is 12.7. The van der Waals surface area contributed by atoms with Crippen LogP contribution in [0.1, 0.15) is 84.0 Å². The second-order valence-corrected chi connectivity index (χ2v) is 8.82. The van der Waals surface area contributed by atoms with Crippen LogP contribution < -0.4 is 0 Å². The summed E-state index contributed by atoms with van der Waals surface area (Å²) in [6.07, 6.45) is 16.3. The Balaban J connectivity index is 1.62. The van der Waals surface area contributed by atoms with E-state index >= 15 is 0 Å². The number of hydrogen-bond acceptors (Lipinski definition) is 1. The Morgan fingerprint density at radius 1 is 0.842 bits per heavy atom. The van der Waals surface area contributed by atoms with Crippen LogP contribution in [0, 0.1) is 22.7 Å². The van der Waals surface area contributed by atoms with E-state index in [0.717, 1.165) is 18.8 Å². The molecule has 0 aromatic heterocycles. The molecule has 0 aromatic rings. The van der Waals surface area contributed by atoms with E-state index in [4.69, 9.17) is 0 Å². The van der Waals surface area contributed by atoms with Gasteiger partial charge in [-0.15, -0.1) is 0 Å². The van der Waals surface area contributed by atoms with E-state index in [1.54, 1.807) is 0 Å². The van der Waals surface area contributed by atoms with Gasteiger partial charge < -0.3 is 5.11 Å². The summed E-state index contributed by atoms with van der Waals surface area (Å²) in [7, 11) is 0. The molecule has 0 radical (unpaired) electrons. The maximum absolute atomic E-state index is 11.3. The van der Waals surface area contributed by atoms with E-state index in [1.165, 1.54) is 64.2 Å². The van der Waals surface area contributed by atoms with Crippen molar-refractivity contribution < 1.29 is 5.11 Å². The molecule has 4 fully saturated rings. The highest BCUT2D eigenvalue weighted by Gasteiger charge is 2.62. The largest absolute Gasteiger partial charge is 0.390 e. The van der Waals surface area contributed by atoms with Crippen molar-refractivity contribution in [2.75, 3.05) is 0 Å². The molecule has 4 aliphatic rings. The van der Waals surface area contributed by atoms with Gasteiger partial charge in [-0.1, -0.05) is 32.6 Å². The zero-order valence-corrected chi connectivity index (χ0v) is 12.6. The minimum atomic E-state index is -0.281.